The number of pyridine rings is 1. The third-order valence-electron chi connectivity index (χ3n) is 3.08. The Balaban J connectivity index is 1.95. The summed E-state index contributed by atoms with van der Waals surface area (Å²) in [6, 6.07) is 1.76. The van der Waals surface area contributed by atoms with Crippen molar-refractivity contribution >= 4 is 27.6 Å². The number of nitrogens with one attached hydrogen (secondary N) is 1. The first-order chi connectivity index (χ1) is 8.16. The second-order valence-corrected chi connectivity index (χ2v) is 5.31. The average molecular weight is 298 g/mol. The second-order valence-electron chi connectivity index (χ2n) is 4.46. The molecule has 1 fully saturated rings. The molecule has 5 heteroatoms. The van der Waals surface area contributed by atoms with E-state index in [1.807, 2.05) is 4.90 Å². The molecule has 0 atom stereocenters. The van der Waals surface area contributed by atoms with Crippen molar-refractivity contribution in [2.45, 2.75) is 19.8 Å². The minimum atomic E-state index is -0.0243. The Morgan fingerprint density at radius 1 is 1.53 bits per heavy atom. The summed E-state index contributed by atoms with van der Waals surface area (Å²) >= 11 is 3.36. The lowest BCUT2D eigenvalue weighted by molar-refractivity contribution is 0.186. The smallest absolute Gasteiger partial charge is 0.321 e. The third-order valence-corrected chi connectivity index (χ3v) is 3.72. The standard InChI is InChI=1S/C12H16BrN3O/c1-9-3-6-16(7-4-9)12(17)15-11-2-5-14-8-10(11)13/h2,5,8-9H,3-4,6-7H2,1H3,(H,14,15,17). The Kier molecular flexibility index (Phi) is 3.99. The molecule has 1 aliphatic rings. The molecule has 1 aromatic heterocycles. The quantitative estimate of drug-likeness (QED) is 0.866. The molecule has 2 rings (SSSR count). The number of urea groups is 1. The largest absolute Gasteiger partial charge is 0.325 e. The van der Waals surface area contributed by atoms with Crippen molar-refractivity contribution in [1.82, 2.24) is 9.88 Å². The van der Waals surface area contributed by atoms with Crippen molar-refractivity contribution in [1.29, 1.82) is 0 Å². The highest BCUT2D eigenvalue weighted by atomic mass is 79.9. The van der Waals surface area contributed by atoms with Crippen LogP contribution in [0.5, 0.6) is 0 Å². The number of anilines is 1. The normalized spacial score (nSPS) is 16.9. The summed E-state index contributed by atoms with van der Waals surface area (Å²) in [6.45, 7) is 3.92. The van der Waals surface area contributed by atoms with Crippen LogP contribution >= 0.6 is 15.9 Å². The van der Waals surface area contributed by atoms with Gasteiger partial charge in [0.05, 0.1) is 10.2 Å². The van der Waals surface area contributed by atoms with Gasteiger partial charge in [-0.25, -0.2) is 4.79 Å². The number of hydrogen-bond acceptors (Lipinski definition) is 2. The lowest BCUT2D eigenvalue weighted by atomic mass is 10.00. The zero-order valence-electron chi connectivity index (χ0n) is 9.82. The molecule has 0 bridgehead atoms. The van der Waals surface area contributed by atoms with Gasteiger partial charge in [-0.2, -0.15) is 0 Å². The minimum Gasteiger partial charge on any atom is -0.325 e. The third kappa shape index (κ3) is 3.19. The molecule has 92 valence electrons. The molecule has 0 unspecified atom stereocenters. The van der Waals surface area contributed by atoms with Crippen LogP contribution in [-0.2, 0) is 0 Å². The van der Waals surface area contributed by atoms with Gasteiger partial charge in [0.2, 0.25) is 0 Å². The summed E-state index contributed by atoms with van der Waals surface area (Å²) in [6.07, 6.45) is 5.52. The molecule has 1 aromatic rings. The van der Waals surface area contributed by atoms with Gasteiger partial charge in [0.15, 0.2) is 0 Å². The lowest BCUT2D eigenvalue weighted by Crippen LogP contribution is -2.40. The van der Waals surface area contributed by atoms with E-state index in [9.17, 15) is 4.79 Å². The molecule has 1 aliphatic heterocycles. The highest BCUT2D eigenvalue weighted by molar-refractivity contribution is 9.10. The topological polar surface area (TPSA) is 45.2 Å². The van der Waals surface area contributed by atoms with Gasteiger partial charge >= 0.3 is 6.03 Å². The number of piperidine rings is 1. The van der Waals surface area contributed by atoms with Gasteiger partial charge in [0.25, 0.3) is 0 Å². The van der Waals surface area contributed by atoms with E-state index < -0.39 is 0 Å². The molecular formula is C12H16BrN3O. The summed E-state index contributed by atoms with van der Waals surface area (Å²) in [7, 11) is 0. The van der Waals surface area contributed by atoms with Crippen LogP contribution in [0.25, 0.3) is 0 Å². The summed E-state index contributed by atoms with van der Waals surface area (Å²) in [5.41, 5.74) is 0.767. The maximum atomic E-state index is 12.0. The maximum Gasteiger partial charge on any atom is 0.321 e. The van der Waals surface area contributed by atoms with E-state index >= 15 is 0 Å². The minimum absolute atomic E-state index is 0.0243. The van der Waals surface area contributed by atoms with Gasteiger partial charge < -0.3 is 10.2 Å². The number of rotatable bonds is 1. The fourth-order valence-electron chi connectivity index (χ4n) is 1.88. The SMILES string of the molecule is CC1CCN(C(=O)Nc2ccncc2Br)CC1. The Morgan fingerprint density at radius 2 is 2.24 bits per heavy atom. The van der Waals surface area contributed by atoms with E-state index in [0.29, 0.717) is 0 Å². The second kappa shape index (κ2) is 5.49. The maximum absolute atomic E-state index is 12.0. The Labute approximate surface area is 110 Å². The van der Waals surface area contributed by atoms with Crippen LogP contribution in [0.4, 0.5) is 10.5 Å². The highest BCUT2D eigenvalue weighted by Crippen LogP contribution is 2.22. The molecule has 0 aromatic carbocycles. The fourth-order valence-corrected chi connectivity index (χ4v) is 2.23. The number of carbonyl (C=O) groups is 1. The van der Waals surface area contributed by atoms with E-state index in [2.05, 4.69) is 33.2 Å². The number of likely N-dealkylation sites (tertiary alicyclic amines) is 1. The zero-order valence-corrected chi connectivity index (χ0v) is 11.4. The van der Waals surface area contributed by atoms with Crippen LogP contribution < -0.4 is 5.32 Å². The molecule has 1 saturated heterocycles. The summed E-state index contributed by atoms with van der Waals surface area (Å²) in [4.78, 5) is 17.8. The van der Waals surface area contributed by atoms with E-state index in [0.717, 1.165) is 42.0 Å². The van der Waals surface area contributed by atoms with Gasteiger partial charge in [0, 0.05) is 25.5 Å². The molecule has 0 radical (unpaired) electrons. The molecule has 4 nitrogen and oxygen atoms in total. The number of halogens is 1. The van der Waals surface area contributed by atoms with Gasteiger partial charge in [0.1, 0.15) is 0 Å². The highest BCUT2D eigenvalue weighted by Gasteiger charge is 2.20. The predicted molar refractivity (Wildman–Crippen MR) is 70.9 cm³/mol. The van der Waals surface area contributed by atoms with Gasteiger partial charge in [-0.15, -0.1) is 0 Å². The molecule has 1 N–H and O–H groups in total. The number of aromatic nitrogens is 1. The number of nitrogens with zero attached hydrogens (tertiary/aromatic N) is 2. The van der Waals surface area contributed by atoms with Crippen molar-refractivity contribution in [3.05, 3.63) is 22.9 Å². The van der Waals surface area contributed by atoms with Crippen LogP contribution in [0.15, 0.2) is 22.9 Å². The van der Waals surface area contributed by atoms with Crippen LogP contribution in [0.1, 0.15) is 19.8 Å². The average Bonchev–Trinajstić information content (AvgIpc) is 2.33. The molecular weight excluding hydrogens is 282 g/mol. The molecule has 0 spiro atoms. The summed E-state index contributed by atoms with van der Waals surface area (Å²) in [5, 5.41) is 2.89. The fraction of sp³-hybridized carbons (Fsp3) is 0.500. The number of hydrogen-bond donors (Lipinski definition) is 1. The Morgan fingerprint density at radius 3 is 2.88 bits per heavy atom. The molecule has 0 aliphatic carbocycles. The van der Waals surface area contributed by atoms with Crippen LogP contribution in [0.2, 0.25) is 0 Å². The van der Waals surface area contributed by atoms with Crippen LogP contribution in [0.3, 0.4) is 0 Å². The first-order valence-electron chi connectivity index (χ1n) is 5.82. The Bertz CT molecular complexity index is 402. The molecule has 2 heterocycles. The summed E-state index contributed by atoms with van der Waals surface area (Å²) in [5.74, 6) is 0.728. The predicted octanol–water partition coefficient (Wildman–Crippen LogP) is 3.11. The molecule has 0 saturated carbocycles. The van der Waals surface area contributed by atoms with Crippen LogP contribution in [-0.4, -0.2) is 29.0 Å². The van der Waals surface area contributed by atoms with Gasteiger partial charge in [-0.1, -0.05) is 6.92 Å². The first-order valence-corrected chi connectivity index (χ1v) is 6.61. The number of amides is 2. The van der Waals surface area contributed by atoms with Crippen LogP contribution in [0, 0.1) is 5.92 Å². The van der Waals surface area contributed by atoms with E-state index in [-0.39, 0.29) is 6.03 Å². The molecule has 2 amide bonds. The van der Waals surface area contributed by atoms with Crippen molar-refractivity contribution < 1.29 is 4.79 Å². The van der Waals surface area contributed by atoms with Crippen molar-refractivity contribution in [3.8, 4) is 0 Å². The first kappa shape index (κ1) is 12.4. The Hall–Kier alpha value is -1.10. The van der Waals surface area contributed by atoms with E-state index in [1.54, 1.807) is 18.5 Å². The zero-order chi connectivity index (χ0) is 12.3. The number of carbonyl (C=O) groups excluding carboxylic acids is 1. The van der Waals surface area contributed by atoms with Crippen molar-refractivity contribution in [2.75, 3.05) is 18.4 Å². The van der Waals surface area contributed by atoms with Crippen molar-refractivity contribution in [2.24, 2.45) is 5.92 Å². The monoisotopic (exact) mass is 297 g/mol. The van der Waals surface area contributed by atoms with E-state index in [4.69, 9.17) is 0 Å². The van der Waals surface area contributed by atoms with Crippen molar-refractivity contribution in [3.63, 3.8) is 0 Å². The lowest BCUT2D eigenvalue weighted by Gasteiger charge is -2.30. The van der Waals surface area contributed by atoms with E-state index in [1.165, 1.54) is 0 Å². The van der Waals surface area contributed by atoms with Gasteiger partial charge in [-0.3, -0.25) is 4.98 Å². The van der Waals surface area contributed by atoms with Gasteiger partial charge in [-0.05, 0) is 40.8 Å². The molecule has 17 heavy (non-hydrogen) atoms. The summed E-state index contributed by atoms with van der Waals surface area (Å²) < 4.78 is 0.804.